The second-order valence-corrected chi connectivity index (χ2v) is 5.10. The third-order valence-corrected chi connectivity index (χ3v) is 3.81. The minimum Gasteiger partial charge on any atom is -0.387 e. The minimum absolute atomic E-state index is 0.0851. The first-order valence-corrected chi connectivity index (χ1v) is 6.70. The summed E-state index contributed by atoms with van der Waals surface area (Å²) < 4.78 is 17.1. The topological polar surface area (TPSA) is 46.0 Å². The van der Waals surface area contributed by atoms with Gasteiger partial charge in [0.15, 0.2) is 0 Å². The molecule has 0 fully saturated rings. The molecule has 1 heterocycles. The monoisotopic (exact) mass is 286 g/mol. The van der Waals surface area contributed by atoms with E-state index >= 15 is 0 Å². The van der Waals surface area contributed by atoms with E-state index in [4.69, 9.17) is 11.6 Å². The molecule has 1 unspecified atom stereocenters. The number of hydrogen-bond acceptors (Lipinski definition) is 4. The second kappa shape index (κ2) is 5.73. The fourth-order valence-corrected chi connectivity index (χ4v) is 2.54. The molecule has 3 nitrogen and oxygen atoms in total. The summed E-state index contributed by atoms with van der Waals surface area (Å²) in [6, 6.07) is 4.53. The van der Waals surface area contributed by atoms with Crippen LogP contribution < -0.4 is 0 Å². The molecule has 96 valence electrons. The van der Waals surface area contributed by atoms with Gasteiger partial charge in [-0.15, -0.1) is 5.10 Å². The van der Waals surface area contributed by atoms with E-state index in [1.807, 2.05) is 6.92 Å². The first kappa shape index (κ1) is 13.4. The highest BCUT2D eigenvalue weighted by atomic mass is 35.5. The van der Waals surface area contributed by atoms with Crippen LogP contribution in [0, 0.1) is 5.82 Å². The Bertz CT molecular complexity index is 547. The Morgan fingerprint density at radius 3 is 2.94 bits per heavy atom. The summed E-state index contributed by atoms with van der Waals surface area (Å²) in [7, 11) is 0. The van der Waals surface area contributed by atoms with Crippen molar-refractivity contribution in [1.29, 1.82) is 0 Å². The molecule has 0 amide bonds. The van der Waals surface area contributed by atoms with Crippen LogP contribution in [0.2, 0.25) is 5.02 Å². The normalized spacial score (nSPS) is 12.7. The third kappa shape index (κ3) is 2.85. The number of benzene rings is 1. The number of halogens is 2. The fraction of sp³-hybridized carbons (Fsp3) is 0.333. The summed E-state index contributed by atoms with van der Waals surface area (Å²) in [4.78, 5) is 0.743. The van der Waals surface area contributed by atoms with Gasteiger partial charge in [-0.2, -0.15) is 0 Å². The van der Waals surface area contributed by atoms with Gasteiger partial charge < -0.3 is 5.11 Å². The maximum atomic E-state index is 13.3. The van der Waals surface area contributed by atoms with Crippen molar-refractivity contribution >= 4 is 23.1 Å². The smallest absolute Gasteiger partial charge is 0.142 e. The van der Waals surface area contributed by atoms with Gasteiger partial charge in [-0.25, -0.2) is 4.39 Å². The first-order chi connectivity index (χ1) is 8.61. The summed E-state index contributed by atoms with van der Waals surface area (Å²) >= 11 is 6.79. The highest BCUT2D eigenvalue weighted by molar-refractivity contribution is 7.05. The van der Waals surface area contributed by atoms with E-state index in [2.05, 4.69) is 9.59 Å². The number of aliphatic hydroxyl groups excluding tert-OH is 1. The molecule has 0 aliphatic heterocycles. The lowest BCUT2D eigenvalue weighted by molar-refractivity contribution is 0.181. The van der Waals surface area contributed by atoms with Gasteiger partial charge in [0.1, 0.15) is 5.82 Å². The minimum atomic E-state index is -0.708. The van der Waals surface area contributed by atoms with Crippen LogP contribution in [0.5, 0.6) is 0 Å². The van der Waals surface area contributed by atoms with E-state index < -0.39 is 11.9 Å². The lowest BCUT2D eigenvalue weighted by Gasteiger charge is -2.09. The molecule has 18 heavy (non-hydrogen) atoms. The molecule has 0 bridgehead atoms. The standard InChI is InChI=1S/C12H12ClFN2OS/c1-2-10-12(18-16-15-10)11(17)6-7-3-4-8(13)9(14)5-7/h3-5,11,17H,2,6H2,1H3. The van der Waals surface area contributed by atoms with Crippen LogP contribution in [0.3, 0.4) is 0 Å². The van der Waals surface area contributed by atoms with E-state index in [0.717, 1.165) is 17.0 Å². The molecule has 0 saturated carbocycles. The maximum Gasteiger partial charge on any atom is 0.142 e. The van der Waals surface area contributed by atoms with E-state index in [0.29, 0.717) is 12.0 Å². The zero-order chi connectivity index (χ0) is 13.1. The van der Waals surface area contributed by atoms with Gasteiger partial charge >= 0.3 is 0 Å². The Morgan fingerprint density at radius 1 is 1.50 bits per heavy atom. The molecule has 0 spiro atoms. The number of aryl methyl sites for hydroxylation is 1. The molecular weight excluding hydrogens is 275 g/mol. The van der Waals surface area contributed by atoms with Crippen LogP contribution in [-0.2, 0) is 12.8 Å². The van der Waals surface area contributed by atoms with Crippen molar-refractivity contribution in [2.75, 3.05) is 0 Å². The summed E-state index contributed by atoms with van der Waals surface area (Å²) in [6.45, 7) is 1.95. The maximum absolute atomic E-state index is 13.3. The molecule has 1 aromatic heterocycles. The Kier molecular flexibility index (Phi) is 4.27. The molecule has 1 atom stereocenters. The Hall–Kier alpha value is -1.04. The van der Waals surface area contributed by atoms with Gasteiger partial charge in [0.25, 0.3) is 0 Å². The number of nitrogens with zero attached hydrogens (tertiary/aromatic N) is 2. The van der Waals surface area contributed by atoms with Crippen molar-refractivity contribution in [2.24, 2.45) is 0 Å². The van der Waals surface area contributed by atoms with E-state index in [9.17, 15) is 9.50 Å². The fourth-order valence-electron chi connectivity index (χ4n) is 1.70. The predicted octanol–water partition coefficient (Wildman–Crippen LogP) is 3.17. The van der Waals surface area contributed by atoms with Crippen molar-refractivity contribution in [3.63, 3.8) is 0 Å². The molecule has 0 radical (unpaired) electrons. The van der Waals surface area contributed by atoms with Crippen LogP contribution in [0.4, 0.5) is 4.39 Å². The third-order valence-electron chi connectivity index (χ3n) is 2.64. The van der Waals surface area contributed by atoms with Gasteiger partial charge in [0.05, 0.1) is 21.7 Å². The van der Waals surface area contributed by atoms with E-state index in [-0.39, 0.29) is 5.02 Å². The first-order valence-electron chi connectivity index (χ1n) is 5.55. The highest BCUT2D eigenvalue weighted by Crippen LogP contribution is 2.25. The zero-order valence-electron chi connectivity index (χ0n) is 9.73. The summed E-state index contributed by atoms with van der Waals surface area (Å²) in [6.07, 6.45) is 0.337. The van der Waals surface area contributed by atoms with Crippen molar-refractivity contribution < 1.29 is 9.50 Å². The Labute approximate surface area is 113 Å². The van der Waals surface area contributed by atoms with Crippen LogP contribution >= 0.6 is 23.1 Å². The molecule has 6 heteroatoms. The number of aromatic nitrogens is 2. The second-order valence-electron chi connectivity index (χ2n) is 3.91. The lowest BCUT2D eigenvalue weighted by Crippen LogP contribution is -2.03. The molecule has 0 saturated heterocycles. The summed E-state index contributed by atoms with van der Waals surface area (Å²) in [5, 5.41) is 14.1. The van der Waals surface area contributed by atoms with Crippen LogP contribution in [-0.4, -0.2) is 14.7 Å². The molecule has 1 aromatic carbocycles. The molecule has 2 rings (SSSR count). The molecular formula is C12H12ClFN2OS. The largest absolute Gasteiger partial charge is 0.387 e. The van der Waals surface area contributed by atoms with Crippen molar-refractivity contribution in [2.45, 2.75) is 25.9 Å². The zero-order valence-corrected chi connectivity index (χ0v) is 11.3. The average molecular weight is 287 g/mol. The summed E-state index contributed by atoms with van der Waals surface area (Å²) in [5.74, 6) is -0.473. The van der Waals surface area contributed by atoms with Crippen molar-refractivity contribution in [3.05, 3.63) is 45.2 Å². The number of hydrogen-bond donors (Lipinski definition) is 1. The van der Waals surface area contributed by atoms with Crippen molar-refractivity contribution in [3.8, 4) is 0 Å². The summed E-state index contributed by atoms with van der Waals surface area (Å²) in [5.41, 5.74) is 1.49. The molecule has 0 aliphatic rings. The van der Waals surface area contributed by atoms with Gasteiger partial charge in [0, 0.05) is 6.42 Å². The van der Waals surface area contributed by atoms with Gasteiger partial charge in [-0.05, 0) is 35.6 Å². The lowest BCUT2D eigenvalue weighted by atomic mass is 10.1. The Morgan fingerprint density at radius 2 is 2.28 bits per heavy atom. The van der Waals surface area contributed by atoms with E-state index in [1.165, 1.54) is 23.7 Å². The number of aliphatic hydroxyl groups is 1. The van der Waals surface area contributed by atoms with Gasteiger partial charge in [0.2, 0.25) is 0 Å². The SMILES string of the molecule is CCc1nnsc1C(O)Cc1ccc(Cl)c(F)c1. The van der Waals surface area contributed by atoms with Crippen LogP contribution in [0.15, 0.2) is 18.2 Å². The molecule has 0 aliphatic carbocycles. The molecule has 2 aromatic rings. The van der Waals surface area contributed by atoms with Gasteiger partial charge in [-0.3, -0.25) is 0 Å². The van der Waals surface area contributed by atoms with Crippen LogP contribution in [0.25, 0.3) is 0 Å². The van der Waals surface area contributed by atoms with Crippen molar-refractivity contribution in [1.82, 2.24) is 9.59 Å². The highest BCUT2D eigenvalue weighted by Gasteiger charge is 2.16. The van der Waals surface area contributed by atoms with Gasteiger partial charge in [-0.1, -0.05) is 29.1 Å². The van der Waals surface area contributed by atoms with Crippen LogP contribution in [0.1, 0.15) is 29.2 Å². The quantitative estimate of drug-likeness (QED) is 0.939. The number of rotatable bonds is 4. The molecule has 1 N–H and O–H groups in total. The average Bonchev–Trinajstić information content (AvgIpc) is 2.82. The predicted molar refractivity (Wildman–Crippen MR) is 69.4 cm³/mol. The Balaban J connectivity index is 2.16. The van der Waals surface area contributed by atoms with E-state index in [1.54, 1.807) is 6.07 Å².